The van der Waals surface area contributed by atoms with Gasteiger partial charge in [0.2, 0.25) is 0 Å². The SMILES string of the molecule is CC(=O)Cc1c(C)cccc1C. The van der Waals surface area contributed by atoms with Crippen LogP contribution >= 0.6 is 0 Å². The molecule has 0 radical (unpaired) electrons. The van der Waals surface area contributed by atoms with Crippen LogP contribution in [0.5, 0.6) is 0 Å². The van der Waals surface area contributed by atoms with Gasteiger partial charge in [-0.1, -0.05) is 18.2 Å². The van der Waals surface area contributed by atoms with Crippen molar-refractivity contribution >= 4 is 5.78 Å². The molecule has 0 aromatic heterocycles. The predicted molar refractivity (Wildman–Crippen MR) is 50.3 cm³/mol. The van der Waals surface area contributed by atoms with E-state index in [9.17, 15) is 4.79 Å². The zero-order chi connectivity index (χ0) is 9.14. The summed E-state index contributed by atoms with van der Waals surface area (Å²) in [7, 11) is 0. The number of carbonyl (C=O) groups is 1. The van der Waals surface area contributed by atoms with Crippen molar-refractivity contribution in [3.05, 3.63) is 34.9 Å². The summed E-state index contributed by atoms with van der Waals surface area (Å²) in [6, 6.07) is 6.12. The molecule has 1 rings (SSSR count). The molecule has 1 aromatic carbocycles. The molecule has 0 aliphatic heterocycles. The number of carbonyl (C=O) groups excluding carboxylic acids is 1. The maximum Gasteiger partial charge on any atom is 0.134 e. The summed E-state index contributed by atoms with van der Waals surface area (Å²) >= 11 is 0. The fraction of sp³-hybridized carbons (Fsp3) is 0.364. The summed E-state index contributed by atoms with van der Waals surface area (Å²) in [5, 5.41) is 0. The van der Waals surface area contributed by atoms with Crippen LogP contribution in [0.2, 0.25) is 0 Å². The number of hydrogen-bond acceptors (Lipinski definition) is 1. The second-order valence-corrected chi connectivity index (χ2v) is 3.25. The molecule has 1 aromatic rings. The van der Waals surface area contributed by atoms with Crippen LogP contribution in [0.25, 0.3) is 0 Å². The zero-order valence-electron chi connectivity index (χ0n) is 7.85. The maximum absolute atomic E-state index is 10.9. The first-order valence-corrected chi connectivity index (χ1v) is 4.16. The van der Waals surface area contributed by atoms with Gasteiger partial charge in [0.15, 0.2) is 0 Å². The Morgan fingerprint density at radius 3 is 2.17 bits per heavy atom. The van der Waals surface area contributed by atoms with Crippen molar-refractivity contribution < 1.29 is 4.79 Å². The van der Waals surface area contributed by atoms with Gasteiger partial charge in [0.05, 0.1) is 0 Å². The van der Waals surface area contributed by atoms with E-state index in [1.54, 1.807) is 6.92 Å². The molecule has 1 heteroatoms. The highest BCUT2D eigenvalue weighted by Gasteiger charge is 2.03. The summed E-state index contributed by atoms with van der Waals surface area (Å²) in [5.41, 5.74) is 3.61. The molecule has 1 nitrogen and oxygen atoms in total. The van der Waals surface area contributed by atoms with Gasteiger partial charge >= 0.3 is 0 Å². The Morgan fingerprint density at radius 1 is 1.25 bits per heavy atom. The van der Waals surface area contributed by atoms with Crippen molar-refractivity contribution in [1.29, 1.82) is 0 Å². The molecule has 0 heterocycles. The summed E-state index contributed by atoms with van der Waals surface area (Å²) in [4.78, 5) is 10.9. The fourth-order valence-corrected chi connectivity index (χ4v) is 1.38. The van der Waals surface area contributed by atoms with Gasteiger partial charge in [-0.15, -0.1) is 0 Å². The molecule has 0 bridgehead atoms. The van der Waals surface area contributed by atoms with E-state index in [1.807, 2.05) is 32.0 Å². The molecule has 0 aliphatic carbocycles. The summed E-state index contributed by atoms with van der Waals surface area (Å²) in [5.74, 6) is 0.229. The predicted octanol–water partition coefficient (Wildman–Crippen LogP) is 2.43. The minimum absolute atomic E-state index is 0.229. The largest absolute Gasteiger partial charge is 0.300 e. The Balaban J connectivity index is 3.04. The van der Waals surface area contributed by atoms with Gasteiger partial charge in [0.25, 0.3) is 0 Å². The minimum atomic E-state index is 0.229. The van der Waals surface area contributed by atoms with E-state index in [0.29, 0.717) is 6.42 Å². The normalized spacial score (nSPS) is 9.92. The highest BCUT2D eigenvalue weighted by molar-refractivity contribution is 5.78. The Bertz CT molecular complexity index is 280. The molecule has 64 valence electrons. The van der Waals surface area contributed by atoms with Crippen molar-refractivity contribution in [3.63, 3.8) is 0 Å². The molecule has 0 saturated heterocycles. The van der Waals surface area contributed by atoms with Gasteiger partial charge in [0, 0.05) is 6.42 Å². The topological polar surface area (TPSA) is 17.1 Å². The second kappa shape index (κ2) is 3.53. The quantitative estimate of drug-likeness (QED) is 0.652. The molecule has 0 atom stereocenters. The number of hydrogen-bond donors (Lipinski definition) is 0. The molecule has 0 spiro atoms. The number of Topliss-reactive ketones (excluding diaryl/α,β-unsaturated/α-hetero) is 1. The maximum atomic E-state index is 10.9. The molecule has 0 saturated carbocycles. The van der Waals surface area contributed by atoms with Gasteiger partial charge in [-0.2, -0.15) is 0 Å². The van der Waals surface area contributed by atoms with Crippen LogP contribution in [-0.2, 0) is 11.2 Å². The van der Waals surface area contributed by atoms with Crippen molar-refractivity contribution in [1.82, 2.24) is 0 Å². The van der Waals surface area contributed by atoms with Crippen LogP contribution < -0.4 is 0 Å². The van der Waals surface area contributed by atoms with Crippen LogP contribution in [0.1, 0.15) is 23.6 Å². The molecular formula is C11H14O. The third-order valence-corrected chi connectivity index (χ3v) is 2.07. The average Bonchev–Trinajstić information content (AvgIpc) is 1.97. The van der Waals surface area contributed by atoms with E-state index in [2.05, 4.69) is 0 Å². The Hall–Kier alpha value is -1.11. The van der Waals surface area contributed by atoms with Crippen molar-refractivity contribution in [2.45, 2.75) is 27.2 Å². The fourth-order valence-electron chi connectivity index (χ4n) is 1.38. The van der Waals surface area contributed by atoms with E-state index in [0.717, 1.165) is 0 Å². The molecule has 0 N–H and O–H groups in total. The van der Waals surface area contributed by atoms with E-state index in [1.165, 1.54) is 16.7 Å². The van der Waals surface area contributed by atoms with Crippen LogP contribution in [-0.4, -0.2) is 5.78 Å². The van der Waals surface area contributed by atoms with Gasteiger partial charge < -0.3 is 0 Å². The molecule has 0 aliphatic rings. The molecular weight excluding hydrogens is 148 g/mol. The first-order chi connectivity index (χ1) is 5.61. The second-order valence-electron chi connectivity index (χ2n) is 3.25. The lowest BCUT2D eigenvalue weighted by Crippen LogP contribution is -2.00. The van der Waals surface area contributed by atoms with Gasteiger partial charge in [-0.3, -0.25) is 4.79 Å². The van der Waals surface area contributed by atoms with Gasteiger partial charge in [-0.05, 0) is 37.5 Å². The summed E-state index contributed by atoms with van der Waals surface area (Å²) in [6.07, 6.45) is 0.568. The first kappa shape index (κ1) is 8.98. The van der Waals surface area contributed by atoms with E-state index in [4.69, 9.17) is 0 Å². The first-order valence-electron chi connectivity index (χ1n) is 4.16. The zero-order valence-corrected chi connectivity index (χ0v) is 7.85. The third kappa shape index (κ3) is 1.94. The highest BCUT2D eigenvalue weighted by Crippen LogP contribution is 2.13. The Labute approximate surface area is 73.4 Å². The Kier molecular flexibility index (Phi) is 2.64. The lowest BCUT2D eigenvalue weighted by molar-refractivity contribution is -0.116. The lowest BCUT2D eigenvalue weighted by atomic mass is 9.99. The van der Waals surface area contributed by atoms with Gasteiger partial charge in [0.1, 0.15) is 5.78 Å². The van der Waals surface area contributed by atoms with Crippen LogP contribution in [0.15, 0.2) is 18.2 Å². The lowest BCUT2D eigenvalue weighted by Gasteiger charge is -2.06. The number of rotatable bonds is 2. The van der Waals surface area contributed by atoms with E-state index < -0.39 is 0 Å². The highest BCUT2D eigenvalue weighted by atomic mass is 16.1. The van der Waals surface area contributed by atoms with E-state index >= 15 is 0 Å². The van der Waals surface area contributed by atoms with Crippen LogP contribution in [0.4, 0.5) is 0 Å². The molecule has 0 amide bonds. The van der Waals surface area contributed by atoms with Crippen molar-refractivity contribution in [2.75, 3.05) is 0 Å². The summed E-state index contributed by atoms with van der Waals surface area (Å²) in [6.45, 7) is 5.72. The van der Waals surface area contributed by atoms with Crippen LogP contribution in [0.3, 0.4) is 0 Å². The monoisotopic (exact) mass is 162 g/mol. The number of benzene rings is 1. The van der Waals surface area contributed by atoms with Crippen LogP contribution in [0, 0.1) is 13.8 Å². The Morgan fingerprint density at radius 2 is 1.75 bits per heavy atom. The van der Waals surface area contributed by atoms with Crippen molar-refractivity contribution in [2.24, 2.45) is 0 Å². The molecule has 12 heavy (non-hydrogen) atoms. The van der Waals surface area contributed by atoms with E-state index in [-0.39, 0.29) is 5.78 Å². The number of ketones is 1. The smallest absolute Gasteiger partial charge is 0.134 e. The molecule has 0 fully saturated rings. The standard InChI is InChI=1S/C11H14O/c1-8-5-4-6-9(2)11(8)7-10(3)12/h4-6H,7H2,1-3H3. The van der Waals surface area contributed by atoms with Gasteiger partial charge in [-0.25, -0.2) is 0 Å². The number of aryl methyl sites for hydroxylation is 2. The van der Waals surface area contributed by atoms with Crippen molar-refractivity contribution in [3.8, 4) is 0 Å². The third-order valence-electron chi connectivity index (χ3n) is 2.07. The summed E-state index contributed by atoms with van der Waals surface area (Å²) < 4.78 is 0. The minimum Gasteiger partial charge on any atom is -0.300 e. The average molecular weight is 162 g/mol. The molecule has 0 unspecified atom stereocenters.